The number of nitrogens with zero attached hydrogens (tertiary/aromatic N) is 2. The van der Waals surface area contributed by atoms with Crippen LogP contribution in [0.1, 0.15) is 15.9 Å². The lowest BCUT2D eigenvalue weighted by Crippen LogP contribution is -2.17. The molecule has 7 heteroatoms. The molecule has 2 aromatic rings. The van der Waals surface area contributed by atoms with Gasteiger partial charge in [0.2, 0.25) is 0 Å². The number of hydrogen-bond acceptors (Lipinski definition) is 4. The Kier molecular flexibility index (Phi) is 5.82. The Morgan fingerprint density at radius 3 is 3.04 bits per heavy atom. The normalized spacial score (nSPS) is 10.5. The third kappa shape index (κ3) is 4.14. The number of aromatic nitrogens is 2. The van der Waals surface area contributed by atoms with Crippen LogP contribution in [-0.4, -0.2) is 22.5 Å². The molecule has 0 atom stereocenters. The Labute approximate surface area is 137 Å². The van der Waals surface area contributed by atoms with E-state index in [-0.39, 0.29) is 23.7 Å². The van der Waals surface area contributed by atoms with Crippen LogP contribution in [0.5, 0.6) is 5.75 Å². The lowest BCUT2D eigenvalue weighted by molar-refractivity contribution is 0.101. The number of anilines is 1. The predicted molar refractivity (Wildman–Crippen MR) is 87.0 cm³/mol. The van der Waals surface area contributed by atoms with Crippen molar-refractivity contribution in [2.75, 3.05) is 11.9 Å². The van der Waals surface area contributed by atoms with Crippen molar-refractivity contribution in [3.05, 3.63) is 65.9 Å². The molecule has 0 radical (unpaired) electrons. The molecule has 0 saturated heterocycles. The summed E-state index contributed by atoms with van der Waals surface area (Å²) < 4.78 is 19.4. The lowest BCUT2D eigenvalue weighted by atomic mass is 10.1. The predicted octanol–water partition coefficient (Wildman–Crippen LogP) is 3.64. The zero-order valence-corrected chi connectivity index (χ0v) is 12.8. The fraction of sp³-hybridized carbons (Fsp3) is 0.0625. The van der Waals surface area contributed by atoms with Crippen LogP contribution in [0.2, 0.25) is 0 Å². The second-order valence-electron chi connectivity index (χ2n) is 4.29. The molecular formula is C16H13ClFN3O2. The van der Waals surface area contributed by atoms with Crippen LogP contribution in [0.15, 0.2) is 48.9 Å². The molecule has 0 spiro atoms. The average molecular weight is 334 g/mol. The molecule has 1 aromatic carbocycles. The highest BCUT2D eigenvalue weighted by atomic mass is 35.5. The van der Waals surface area contributed by atoms with Crippen LogP contribution < -0.4 is 10.1 Å². The summed E-state index contributed by atoms with van der Waals surface area (Å²) in [4.78, 5) is 20.2. The van der Waals surface area contributed by atoms with Gasteiger partial charge in [0.1, 0.15) is 35.9 Å². The van der Waals surface area contributed by atoms with Crippen molar-refractivity contribution in [3.63, 3.8) is 0 Å². The average Bonchev–Trinajstić information content (AvgIpc) is 2.55. The second-order valence-corrected chi connectivity index (χ2v) is 4.54. The Hall–Kier alpha value is -2.73. The summed E-state index contributed by atoms with van der Waals surface area (Å²) in [6, 6.07) is 4.13. The van der Waals surface area contributed by atoms with Gasteiger partial charge in [0.25, 0.3) is 5.91 Å². The summed E-state index contributed by atoms with van der Waals surface area (Å²) in [5.41, 5.74) is 1.53. The molecule has 118 valence electrons. The van der Waals surface area contributed by atoms with E-state index in [0.29, 0.717) is 5.56 Å². The van der Waals surface area contributed by atoms with Gasteiger partial charge < -0.3 is 10.1 Å². The standard InChI is InChI=1S/C16H13ClFN3O2/c1-2-8-23-13-5-3-4-12(18)14(13)16(22)21-15-11(6-7-17)9-19-10-20-15/h2-7,9-10H,1,8H2,(H,19,20,21,22). The molecule has 1 heterocycles. The van der Waals surface area contributed by atoms with E-state index in [9.17, 15) is 9.18 Å². The molecular weight excluding hydrogens is 321 g/mol. The van der Waals surface area contributed by atoms with Gasteiger partial charge in [-0.2, -0.15) is 0 Å². The SMILES string of the molecule is C=CCOc1cccc(F)c1C(=O)Nc1ncncc1C=CCl. The number of ether oxygens (including phenoxy) is 1. The number of carbonyl (C=O) groups is 1. The van der Waals surface area contributed by atoms with Gasteiger partial charge in [-0.1, -0.05) is 30.3 Å². The first-order valence-electron chi connectivity index (χ1n) is 6.57. The van der Waals surface area contributed by atoms with Gasteiger partial charge in [0.05, 0.1) is 0 Å². The van der Waals surface area contributed by atoms with E-state index >= 15 is 0 Å². The Morgan fingerprint density at radius 2 is 2.30 bits per heavy atom. The summed E-state index contributed by atoms with van der Waals surface area (Å²) in [5.74, 6) is -1.07. The Bertz CT molecular complexity index is 750. The number of rotatable bonds is 6. The van der Waals surface area contributed by atoms with Crippen LogP contribution in [-0.2, 0) is 0 Å². The van der Waals surface area contributed by atoms with Gasteiger partial charge >= 0.3 is 0 Å². The monoisotopic (exact) mass is 333 g/mol. The zero-order valence-electron chi connectivity index (χ0n) is 12.0. The molecule has 0 unspecified atom stereocenters. The molecule has 1 amide bonds. The van der Waals surface area contributed by atoms with E-state index < -0.39 is 11.7 Å². The zero-order chi connectivity index (χ0) is 16.7. The molecule has 1 N–H and O–H groups in total. The van der Waals surface area contributed by atoms with Crippen LogP contribution in [0.25, 0.3) is 6.08 Å². The van der Waals surface area contributed by atoms with Gasteiger partial charge in [-0.15, -0.1) is 0 Å². The van der Waals surface area contributed by atoms with Crippen molar-refractivity contribution in [1.29, 1.82) is 0 Å². The van der Waals surface area contributed by atoms with Gasteiger partial charge in [-0.3, -0.25) is 4.79 Å². The minimum atomic E-state index is -0.701. The Balaban J connectivity index is 2.33. The van der Waals surface area contributed by atoms with Crippen LogP contribution in [0, 0.1) is 5.82 Å². The van der Waals surface area contributed by atoms with E-state index in [4.69, 9.17) is 16.3 Å². The molecule has 2 rings (SSSR count). The van der Waals surface area contributed by atoms with Crippen molar-refractivity contribution >= 4 is 29.4 Å². The first kappa shape index (κ1) is 16.6. The third-order valence-corrected chi connectivity index (χ3v) is 2.90. The minimum absolute atomic E-state index is 0.117. The topological polar surface area (TPSA) is 64.1 Å². The van der Waals surface area contributed by atoms with E-state index in [1.807, 2.05) is 0 Å². The first-order valence-corrected chi connectivity index (χ1v) is 7.01. The third-order valence-electron chi connectivity index (χ3n) is 2.77. The smallest absolute Gasteiger partial charge is 0.263 e. The van der Waals surface area contributed by atoms with Crippen LogP contribution >= 0.6 is 11.6 Å². The van der Waals surface area contributed by atoms with Gasteiger partial charge in [-0.25, -0.2) is 14.4 Å². The highest BCUT2D eigenvalue weighted by Gasteiger charge is 2.19. The fourth-order valence-electron chi connectivity index (χ4n) is 1.80. The maximum Gasteiger partial charge on any atom is 0.263 e. The Morgan fingerprint density at radius 1 is 1.48 bits per heavy atom. The molecule has 0 aliphatic carbocycles. The molecule has 0 aliphatic heterocycles. The van der Waals surface area contributed by atoms with Crippen molar-refractivity contribution in [2.24, 2.45) is 0 Å². The van der Waals surface area contributed by atoms with Crippen molar-refractivity contribution in [3.8, 4) is 5.75 Å². The highest BCUT2D eigenvalue weighted by Crippen LogP contribution is 2.23. The summed E-state index contributed by atoms with van der Waals surface area (Å²) in [6.45, 7) is 3.67. The first-order chi connectivity index (χ1) is 11.2. The fourth-order valence-corrected chi connectivity index (χ4v) is 1.93. The van der Waals surface area contributed by atoms with Crippen LogP contribution in [0.4, 0.5) is 10.2 Å². The molecule has 23 heavy (non-hydrogen) atoms. The molecule has 5 nitrogen and oxygen atoms in total. The highest BCUT2D eigenvalue weighted by molar-refractivity contribution is 6.27. The summed E-state index contributed by atoms with van der Waals surface area (Å²) in [7, 11) is 0. The van der Waals surface area contributed by atoms with Crippen molar-refractivity contribution in [2.45, 2.75) is 0 Å². The van der Waals surface area contributed by atoms with Gasteiger partial charge in [0, 0.05) is 17.3 Å². The maximum absolute atomic E-state index is 14.0. The molecule has 0 fully saturated rings. The van der Waals surface area contributed by atoms with Crippen molar-refractivity contribution in [1.82, 2.24) is 9.97 Å². The molecule has 1 aromatic heterocycles. The largest absolute Gasteiger partial charge is 0.489 e. The maximum atomic E-state index is 14.0. The van der Waals surface area contributed by atoms with E-state index in [1.165, 1.54) is 48.4 Å². The molecule has 0 saturated carbocycles. The van der Waals surface area contributed by atoms with Gasteiger partial charge in [0.15, 0.2) is 0 Å². The van der Waals surface area contributed by atoms with Crippen molar-refractivity contribution < 1.29 is 13.9 Å². The number of halogens is 2. The molecule has 0 bridgehead atoms. The number of amides is 1. The lowest BCUT2D eigenvalue weighted by Gasteiger charge is -2.12. The van der Waals surface area contributed by atoms with Crippen LogP contribution in [0.3, 0.4) is 0 Å². The minimum Gasteiger partial charge on any atom is -0.489 e. The van der Waals surface area contributed by atoms with Gasteiger partial charge in [-0.05, 0) is 18.2 Å². The summed E-state index contributed by atoms with van der Waals surface area (Å²) in [5, 5.41) is 2.52. The molecule has 0 aliphatic rings. The number of benzene rings is 1. The number of carbonyl (C=O) groups excluding carboxylic acids is 1. The number of hydrogen-bond donors (Lipinski definition) is 1. The van der Waals surface area contributed by atoms with E-state index in [2.05, 4.69) is 21.9 Å². The van der Waals surface area contributed by atoms with E-state index in [0.717, 1.165) is 0 Å². The quantitative estimate of drug-likeness (QED) is 0.820. The second kappa shape index (κ2) is 8.05. The summed E-state index contributed by atoms with van der Waals surface area (Å²) in [6.07, 6.45) is 5.74. The number of nitrogens with one attached hydrogen (secondary N) is 1. The summed E-state index contributed by atoms with van der Waals surface area (Å²) >= 11 is 5.53. The van der Waals surface area contributed by atoms with E-state index in [1.54, 1.807) is 0 Å².